The van der Waals surface area contributed by atoms with Crippen molar-refractivity contribution >= 4 is 21.6 Å². The quantitative estimate of drug-likeness (QED) is 0.259. The summed E-state index contributed by atoms with van der Waals surface area (Å²) in [5.74, 6) is -0.660. The van der Waals surface area contributed by atoms with Gasteiger partial charge in [0.15, 0.2) is 21.5 Å². The van der Waals surface area contributed by atoms with Crippen molar-refractivity contribution in [1.29, 1.82) is 0 Å². The molecule has 220 valence electrons. The van der Waals surface area contributed by atoms with Crippen LogP contribution in [0, 0.1) is 0 Å². The molecule has 0 unspecified atom stereocenters. The van der Waals surface area contributed by atoms with E-state index in [0.29, 0.717) is 11.1 Å². The minimum absolute atomic E-state index is 0.0524. The molecule has 0 saturated heterocycles. The number of sulfone groups is 1. The highest BCUT2D eigenvalue weighted by atomic mass is 32.2. The lowest BCUT2D eigenvalue weighted by molar-refractivity contribution is -0.139. The normalized spacial score (nSPS) is 20.1. The molecule has 6 rings (SSSR count). The molecule has 2 heterocycles. The number of hydrogen-bond donors (Lipinski definition) is 0. The predicted molar refractivity (Wildman–Crippen MR) is 155 cm³/mol. The Morgan fingerprint density at radius 1 is 0.860 bits per heavy atom. The molecule has 0 aromatic heterocycles. The third-order valence-corrected chi connectivity index (χ3v) is 9.54. The van der Waals surface area contributed by atoms with Gasteiger partial charge in [-0.2, -0.15) is 13.2 Å². The van der Waals surface area contributed by atoms with E-state index in [1.54, 1.807) is 18.2 Å². The number of aliphatic imine (C=N–C) groups is 1. The second-order valence-corrected chi connectivity index (χ2v) is 12.7. The Kier molecular flexibility index (Phi) is 7.33. The van der Waals surface area contributed by atoms with E-state index >= 15 is 0 Å². The summed E-state index contributed by atoms with van der Waals surface area (Å²) < 4.78 is 72.5. The fourth-order valence-electron chi connectivity index (χ4n) is 5.65. The van der Waals surface area contributed by atoms with Crippen LogP contribution in [0.15, 0.2) is 119 Å². The molecule has 2 atom stereocenters. The van der Waals surface area contributed by atoms with Crippen molar-refractivity contribution in [3.8, 4) is 0 Å². The van der Waals surface area contributed by atoms with Gasteiger partial charge >= 0.3 is 6.18 Å². The molecule has 0 bridgehead atoms. The highest BCUT2D eigenvalue weighted by Crippen LogP contribution is 2.46. The maximum absolute atomic E-state index is 14.6. The van der Waals surface area contributed by atoms with E-state index in [9.17, 15) is 26.4 Å². The van der Waals surface area contributed by atoms with E-state index in [-0.39, 0.29) is 36.1 Å². The number of carbonyl (C=O) groups excluding carboxylic acids is 1. The van der Waals surface area contributed by atoms with Gasteiger partial charge in [-0.05, 0) is 47.5 Å². The van der Waals surface area contributed by atoms with Crippen LogP contribution >= 0.6 is 0 Å². The molecule has 10 heteroatoms. The van der Waals surface area contributed by atoms with Crippen LogP contribution in [0.5, 0.6) is 0 Å². The van der Waals surface area contributed by atoms with Gasteiger partial charge in [0.1, 0.15) is 0 Å². The number of halogens is 3. The van der Waals surface area contributed by atoms with Crippen molar-refractivity contribution in [2.75, 3.05) is 12.3 Å². The van der Waals surface area contributed by atoms with Crippen LogP contribution in [0.2, 0.25) is 0 Å². The van der Waals surface area contributed by atoms with Gasteiger partial charge in [-0.25, -0.2) is 13.4 Å². The van der Waals surface area contributed by atoms with Crippen LogP contribution in [-0.2, 0) is 38.5 Å². The first-order chi connectivity index (χ1) is 20.6. The van der Waals surface area contributed by atoms with Crippen molar-refractivity contribution < 1.29 is 31.1 Å². The Morgan fingerprint density at radius 2 is 1.49 bits per heavy atom. The summed E-state index contributed by atoms with van der Waals surface area (Å²) in [5, 5.41) is 0. The van der Waals surface area contributed by atoms with Gasteiger partial charge in [-0.1, -0.05) is 72.8 Å². The number of ether oxygens (including phenoxy) is 1. The molecular formula is C33H27F3N2O4S. The largest absolute Gasteiger partial charge is 0.466 e. The molecule has 0 saturated carbocycles. The number of benzene rings is 4. The van der Waals surface area contributed by atoms with Crippen molar-refractivity contribution in [3.63, 3.8) is 0 Å². The second kappa shape index (κ2) is 11.0. The van der Waals surface area contributed by atoms with Gasteiger partial charge in [0.25, 0.3) is 5.91 Å². The third kappa shape index (κ3) is 5.54. The first kappa shape index (κ1) is 28.7. The molecule has 1 amide bonds. The van der Waals surface area contributed by atoms with Crippen LogP contribution in [0.1, 0.15) is 33.9 Å². The van der Waals surface area contributed by atoms with Crippen molar-refractivity contribution in [1.82, 2.24) is 4.90 Å². The Morgan fingerprint density at radius 3 is 2.16 bits per heavy atom. The Hall–Kier alpha value is -4.44. The smallest absolute Gasteiger partial charge is 0.416 e. The van der Waals surface area contributed by atoms with Gasteiger partial charge in [0.2, 0.25) is 5.90 Å². The molecule has 2 aliphatic heterocycles. The van der Waals surface area contributed by atoms with E-state index in [4.69, 9.17) is 9.73 Å². The lowest BCUT2D eigenvalue weighted by Gasteiger charge is -2.32. The summed E-state index contributed by atoms with van der Waals surface area (Å²) in [6, 6.07) is 29.2. The predicted octanol–water partition coefficient (Wildman–Crippen LogP) is 6.02. The standard InChI is InChI=1S/C33H27F3N2O4S/c34-33(35,36)26-17-15-24(16-18-26)30-37-32(21-23-9-3-1-4-10-23)29(42-30)28-14-8-7-11-25(28)22-38(31(32)39)19-20-43(40,41)27-12-5-2-6-13-27/h1-18,29H,19-22H2/t29-,32-/m0/s1. The average Bonchev–Trinajstić information content (AvgIpc) is 3.36. The number of alkyl halides is 3. The van der Waals surface area contributed by atoms with Gasteiger partial charge in [-0.3, -0.25) is 4.79 Å². The fourth-order valence-corrected chi connectivity index (χ4v) is 6.92. The first-order valence-electron chi connectivity index (χ1n) is 13.7. The summed E-state index contributed by atoms with van der Waals surface area (Å²) >= 11 is 0. The maximum atomic E-state index is 14.6. The topological polar surface area (TPSA) is 76.0 Å². The summed E-state index contributed by atoms with van der Waals surface area (Å²) in [6.07, 6.45) is -5.26. The molecule has 2 aliphatic rings. The summed E-state index contributed by atoms with van der Waals surface area (Å²) in [7, 11) is -3.70. The van der Waals surface area contributed by atoms with E-state index in [1.165, 1.54) is 29.2 Å². The molecule has 0 N–H and O–H groups in total. The molecule has 43 heavy (non-hydrogen) atoms. The third-order valence-electron chi connectivity index (χ3n) is 7.83. The molecule has 6 nitrogen and oxygen atoms in total. The van der Waals surface area contributed by atoms with Crippen LogP contribution in [0.4, 0.5) is 13.2 Å². The minimum atomic E-state index is -4.51. The van der Waals surface area contributed by atoms with E-state index in [2.05, 4.69) is 0 Å². The average molecular weight is 605 g/mol. The fraction of sp³-hybridized carbons (Fsp3) is 0.212. The second-order valence-electron chi connectivity index (χ2n) is 10.6. The zero-order valence-electron chi connectivity index (χ0n) is 22.9. The van der Waals surface area contributed by atoms with Crippen LogP contribution in [0.25, 0.3) is 0 Å². The Labute approximate surface area is 247 Å². The Bertz CT molecular complexity index is 1780. The molecular weight excluding hydrogens is 577 g/mol. The molecule has 0 radical (unpaired) electrons. The Balaban J connectivity index is 1.44. The molecule has 0 aliphatic carbocycles. The summed E-state index contributed by atoms with van der Waals surface area (Å²) in [6.45, 7) is 0.0691. The van der Waals surface area contributed by atoms with E-state index in [1.807, 2.05) is 54.6 Å². The molecule has 0 spiro atoms. The molecule has 0 fully saturated rings. The van der Waals surface area contributed by atoms with Gasteiger partial charge in [0.05, 0.1) is 16.2 Å². The zero-order chi connectivity index (χ0) is 30.2. The van der Waals surface area contributed by atoms with Gasteiger partial charge < -0.3 is 9.64 Å². The maximum Gasteiger partial charge on any atom is 0.416 e. The van der Waals surface area contributed by atoms with Crippen molar-refractivity contribution in [2.24, 2.45) is 4.99 Å². The lowest BCUT2D eigenvalue weighted by Crippen LogP contribution is -2.50. The van der Waals surface area contributed by atoms with Gasteiger partial charge in [0, 0.05) is 30.6 Å². The molecule has 4 aromatic carbocycles. The van der Waals surface area contributed by atoms with Crippen molar-refractivity contribution in [2.45, 2.75) is 35.7 Å². The minimum Gasteiger partial charge on any atom is -0.466 e. The highest BCUT2D eigenvalue weighted by Gasteiger charge is 2.56. The zero-order valence-corrected chi connectivity index (χ0v) is 23.7. The van der Waals surface area contributed by atoms with Gasteiger partial charge in [-0.15, -0.1) is 0 Å². The van der Waals surface area contributed by atoms with Crippen LogP contribution in [-0.4, -0.2) is 43.0 Å². The number of amides is 1. The molecule has 4 aromatic rings. The van der Waals surface area contributed by atoms with E-state index < -0.39 is 39.1 Å². The van der Waals surface area contributed by atoms with E-state index in [0.717, 1.165) is 23.3 Å². The number of hydrogen-bond acceptors (Lipinski definition) is 5. The van der Waals surface area contributed by atoms with Crippen LogP contribution < -0.4 is 0 Å². The summed E-state index contributed by atoms with van der Waals surface area (Å²) in [4.78, 5) is 21.2. The number of rotatable bonds is 7. The SMILES string of the molecule is O=C1N(CCS(=O)(=O)c2ccccc2)Cc2ccccc2[C@@H]2OC(c3ccc(C(F)(F)F)cc3)=N[C@]12Cc1ccccc1. The monoisotopic (exact) mass is 604 g/mol. The van der Waals surface area contributed by atoms with Crippen molar-refractivity contribution in [3.05, 3.63) is 137 Å². The number of fused-ring (bicyclic) bond motifs is 3. The summed E-state index contributed by atoms with van der Waals surface area (Å²) in [5.41, 5.74) is 0.260. The first-order valence-corrected chi connectivity index (χ1v) is 15.4. The van der Waals surface area contributed by atoms with Crippen LogP contribution in [0.3, 0.4) is 0 Å². The number of carbonyl (C=O) groups is 1. The lowest BCUT2D eigenvalue weighted by atomic mass is 9.81. The number of nitrogens with zero attached hydrogens (tertiary/aromatic N) is 2. The highest BCUT2D eigenvalue weighted by molar-refractivity contribution is 7.91.